The first-order chi connectivity index (χ1) is 21.1. The molecule has 1 radical (unpaired) electrons. The van der Waals surface area contributed by atoms with E-state index in [9.17, 15) is 0 Å². The molecule has 0 N–H and O–H groups in total. The van der Waals surface area contributed by atoms with Gasteiger partial charge in [-0.3, -0.25) is 0 Å². The molecule has 0 saturated heterocycles. The molecule has 0 spiro atoms. The molecule has 1 heteroatoms. The van der Waals surface area contributed by atoms with Crippen LogP contribution in [0.1, 0.15) is 43.0 Å². The van der Waals surface area contributed by atoms with Gasteiger partial charge in [0.2, 0.25) is 0 Å². The zero-order valence-corrected chi connectivity index (χ0v) is 26.2. The Morgan fingerprint density at radius 1 is 0.488 bits per heavy atom. The van der Waals surface area contributed by atoms with Crippen molar-refractivity contribution >= 4 is 40.7 Å². The lowest BCUT2D eigenvalue weighted by Gasteiger charge is -2.25. The maximum absolute atomic E-state index is 2.43. The van der Waals surface area contributed by atoms with Gasteiger partial charge >= 0.3 is 0 Å². The molecule has 207 valence electrons. The van der Waals surface area contributed by atoms with Crippen molar-refractivity contribution in [3.63, 3.8) is 0 Å². The van der Waals surface area contributed by atoms with Gasteiger partial charge < -0.3 is 0 Å². The van der Waals surface area contributed by atoms with Crippen LogP contribution in [0.5, 0.6) is 0 Å². The van der Waals surface area contributed by atoms with Crippen LogP contribution in [-0.4, -0.2) is 8.80 Å². The van der Waals surface area contributed by atoms with Gasteiger partial charge in [-0.2, -0.15) is 0 Å². The summed E-state index contributed by atoms with van der Waals surface area (Å²) in [6, 6.07) is 46.7. The van der Waals surface area contributed by atoms with Gasteiger partial charge in [-0.1, -0.05) is 133 Å². The van der Waals surface area contributed by atoms with Crippen molar-refractivity contribution in [3.05, 3.63) is 155 Å². The smallest absolute Gasteiger partial charge is 0.0689 e. The van der Waals surface area contributed by atoms with E-state index in [4.69, 9.17) is 0 Å². The molecule has 0 atom stereocenters. The van der Waals surface area contributed by atoms with E-state index in [2.05, 4.69) is 142 Å². The fourth-order valence-corrected chi connectivity index (χ4v) is 11.1. The van der Waals surface area contributed by atoms with Crippen molar-refractivity contribution in [1.29, 1.82) is 0 Å². The molecule has 0 saturated carbocycles. The highest BCUT2D eigenvalue weighted by atomic mass is 28.3. The Labute approximate surface area is 256 Å². The highest BCUT2D eigenvalue weighted by molar-refractivity contribution is 6.95. The predicted molar refractivity (Wildman–Crippen MR) is 188 cm³/mol. The number of fused-ring (bicyclic) bond motifs is 4. The molecular formula is C42H35Si. The Morgan fingerprint density at radius 2 is 0.930 bits per heavy atom. The summed E-state index contributed by atoms with van der Waals surface area (Å²) in [5.74, 6) is 0. The third-order valence-electron chi connectivity index (χ3n) is 9.64. The van der Waals surface area contributed by atoms with Gasteiger partial charge in [0.25, 0.3) is 0 Å². The van der Waals surface area contributed by atoms with E-state index < -0.39 is 8.80 Å². The van der Waals surface area contributed by atoms with Crippen LogP contribution in [0.3, 0.4) is 0 Å². The molecule has 2 aliphatic rings. The normalized spacial score (nSPS) is 14.3. The second kappa shape index (κ2) is 10.4. The van der Waals surface area contributed by atoms with Gasteiger partial charge in [-0.05, 0) is 115 Å². The fourth-order valence-electron chi connectivity index (χ4n) is 7.75. The summed E-state index contributed by atoms with van der Waals surface area (Å²) < 4.78 is 0. The number of hydrogen-bond donors (Lipinski definition) is 0. The minimum atomic E-state index is -1.04. The first-order valence-corrected chi connectivity index (χ1v) is 17.3. The van der Waals surface area contributed by atoms with Crippen LogP contribution in [0.25, 0.3) is 54.2 Å². The van der Waals surface area contributed by atoms with Crippen LogP contribution in [0, 0.1) is 0 Å². The Kier molecular flexibility index (Phi) is 6.31. The molecule has 0 fully saturated rings. The van der Waals surface area contributed by atoms with E-state index in [1.165, 1.54) is 72.1 Å². The zero-order chi connectivity index (χ0) is 29.1. The van der Waals surface area contributed by atoms with Crippen LogP contribution in [0.15, 0.2) is 132 Å². The molecule has 0 aromatic heterocycles. The van der Waals surface area contributed by atoms with Crippen molar-refractivity contribution in [3.8, 4) is 22.3 Å². The standard InChI is InChI=1S/C42H35Si/c1-4-43(41-27(2)23-35-15-9-17-37(39(35)41)33-21-19-29-11-5-7-13-31(29)25-33)42-28(3)24-36-16-10-18-38(40(36)42)34-22-20-30-12-6-8-14-32(30)26-34/h5-22,25-26H,4,23-24H2,1-3H3. The zero-order valence-electron chi connectivity index (χ0n) is 25.2. The maximum atomic E-state index is 2.43. The highest BCUT2D eigenvalue weighted by Crippen LogP contribution is 2.49. The van der Waals surface area contributed by atoms with Crippen LogP contribution in [-0.2, 0) is 12.8 Å². The molecule has 6 aromatic carbocycles. The molecule has 0 bridgehead atoms. The summed E-state index contributed by atoms with van der Waals surface area (Å²) in [7, 11) is -1.04. The van der Waals surface area contributed by atoms with Crippen molar-refractivity contribution in [2.45, 2.75) is 39.7 Å². The molecule has 8 rings (SSSR count). The lowest BCUT2D eigenvalue weighted by molar-refractivity contribution is 1.19. The van der Waals surface area contributed by atoms with E-state index in [-0.39, 0.29) is 0 Å². The molecule has 0 amide bonds. The summed E-state index contributed by atoms with van der Waals surface area (Å²) in [5, 5.41) is 8.52. The lowest BCUT2D eigenvalue weighted by Crippen LogP contribution is -2.19. The third kappa shape index (κ3) is 4.26. The lowest BCUT2D eigenvalue weighted by atomic mass is 9.95. The average molecular weight is 568 g/mol. The summed E-state index contributed by atoms with van der Waals surface area (Å²) in [4.78, 5) is 0. The van der Waals surface area contributed by atoms with Crippen LogP contribution in [0.4, 0.5) is 0 Å². The minimum Gasteiger partial charge on any atom is -0.0689 e. The van der Waals surface area contributed by atoms with Crippen molar-refractivity contribution in [1.82, 2.24) is 0 Å². The Morgan fingerprint density at radius 3 is 1.37 bits per heavy atom. The van der Waals surface area contributed by atoms with E-state index in [1.807, 2.05) is 0 Å². The third-order valence-corrected chi connectivity index (χ3v) is 12.9. The number of allylic oxidation sites excluding steroid dienone is 2. The average Bonchev–Trinajstić information content (AvgIpc) is 3.56. The van der Waals surface area contributed by atoms with Crippen molar-refractivity contribution in [2.75, 3.05) is 0 Å². The molecule has 6 aromatic rings. The van der Waals surface area contributed by atoms with Crippen LogP contribution in [0.2, 0.25) is 6.04 Å². The quantitative estimate of drug-likeness (QED) is 0.182. The summed E-state index contributed by atoms with van der Waals surface area (Å²) in [6.07, 6.45) is 2.12. The van der Waals surface area contributed by atoms with E-state index in [0.717, 1.165) is 12.8 Å². The van der Waals surface area contributed by atoms with Crippen molar-refractivity contribution in [2.24, 2.45) is 0 Å². The molecule has 0 unspecified atom stereocenters. The summed E-state index contributed by atoms with van der Waals surface area (Å²) in [6.45, 7) is 7.24. The SMILES string of the molecule is CC[Si](C1=C(C)Cc2cccc(-c3ccc4ccccc4c3)c21)C1=C(C)Cc2cccc(-c3ccc4ccccc4c3)c21. The van der Waals surface area contributed by atoms with Gasteiger partial charge in [0.15, 0.2) is 0 Å². The van der Waals surface area contributed by atoms with Gasteiger partial charge in [-0.25, -0.2) is 0 Å². The number of rotatable bonds is 5. The topological polar surface area (TPSA) is 0 Å². The number of benzene rings is 6. The largest absolute Gasteiger partial charge is 0.122 e. The Hall–Kier alpha value is -4.46. The van der Waals surface area contributed by atoms with Crippen LogP contribution < -0.4 is 0 Å². The molecule has 0 aliphatic heterocycles. The number of hydrogen-bond acceptors (Lipinski definition) is 0. The minimum absolute atomic E-state index is 1.04. The van der Waals surface area contributed by atoms with E-state index in [0.29, 0.717) is 0 Å². The summed E-state index contributed by atoms with van der Waals surface area (Å²) >= 11 is 0. The highest BCUT2D eigenvalue weighted by Gasteiger charge is 2.36. The van der Waals surface area contributed by atoms with Crippen molar-refractivity contribution < 1.29 is 0 Å². The molecule has 0 nitrogen and oxygen atoms in total. The molecular weight excluding hydrogens is 533 g/mol. The Bertz CT molecular complexity index is 1990. The first-order valence-electron chi connectivity index (χ1n) is 15.6. The van der Waals surface area contributed by atoms with E-state index >= 15 is 0 Å². The second-order valence-electron chi connectivity index (χ2n) is 12.3. The summed E-state index contributed by atoms with van der Waals surface area (Å²) in [5.41, 5.74) is 14.6. The maximum Gasteiger partial charge on any atom is 0.122 e. The first kappa shape index (κ1) is 26.2. The Balaban J connectivity index is 1.29. The van der Waals surface area contributed by atoms with Gasteiger partial charge in [0, 0.05) is 0 Å². The van der Waals surface area contributed by atoms with Crippen LogP contribution >= 0.6 is 0 Å². The monoisotopic (exact) mass is 567 g/mol. The fraction of sp³-hybridized carbons (Fsp3) is 0.143. The molecule has 0 heterocycles. The van der Waals surface area contributed by atoms with Gasteiger partial charge in [0.1, 0.15) is 8.80 Å². The van der Waals surface area contributed by atoms with Gasteiger partial charge in [-0.15, -0.1) is 0 Å². The van der Waals surface area contributed by atoms with E-state index in [1.54, 1.807) is 21.5 Å². The predicted octanol–water partition coefficient (Wildman–Crippen LogP) is 11.3. The molecule has 2 aliphatic carbocycles. The van der Waals surface area contributed by atoms with Gasteiger partial charge in [0.05, 0.1) is 0 Å². The molecule has 43 heavy (non-hydrogen) atoms. The second-order valence-corrected chi connectivity index (χ2v) is 15.0.